The molecule has 1 aromatic carbocycles. The number of rotatable bonds is 6. The molecule has 0 fully saturated rings. The molecule has 2 atom stereocenters. The van der Waals surface area contributed by atoms with Gasteiger partial charge in [-0.25, -0.2) is 0 Å². The van der Waals surface area contributed by atoms with E-state index >= 15 is 0 Å². The van der Waals surface area contributed by atoms with Gasteiger partial charge in [0, 0.05) is 6.04 Å². The summed E-state index contributed by atoms with van der Waals surface area (Å²) in [6, 6.07) is 7.47. The molecule has 20 heavy (non-hydrogen) atoms. The summed E-state index contributed by atoms with van der Waals surface area (Å²) >= 11 is 0. The van der Waals surface area contributed by atoms with Gasteiger partial charge in [0.05, 0.1) is 13.3 Å². The van der Waals surface area contributed by atoms with Crippen LogP contribution < -0.4 is 5.59 Å². The van der Waals surface area contributed by atoms with Gasteiger partial charge in [0.15, 0.2) is 0 Å². The van der Waals surface area contributed by atoms with Crippen molar-refractivity contribution in [2.75, 3.05) is 14.2 Å². The molecule has 110 valence electrons. The number of carbonyl (C=O) groups is 1. The molecule has 0 aliphatic carbocycles. The first-order chi connectivity index (χ1) is 9.51. The summed E-state index contributed by atoms with van der Waals surface area (Å²) < 4.78 is 4.75. The van der Waals surface area contributed by atoms with Gasteiger partial charge in [-0.05, 0) is 32.0 Å². The summed E-state index contributed by atoms with van der Waals surface area (Å²) in [5.74, 6) is -0.253. The number of hydrogen-bond acceptors (Lipinski definition) is 6. The number of benzene rings is 1. The summed E-state index contributed by atoms with van der Waals surface area (Å²) in [5.41, 5.74) is 3.66. The van der Waals surface area contributed by atoms with Gasteiger partial charge in [-0.15, -0.1) is 0 Å². The Labute approximate surface area is 119 Å². The fraction of sp³-hybridized carbons (Fsp3) is 0.429. The molecule has 6 heteroatoms. The summed E-state index contributed by atoms with van der Waals surface area (Å²) in [5, 5.41) is 11.9. The normalized spacial score (nSPS) is 14.3. The molecule has 1 rings (SSSR count). The molecule has 0 saturated carbocycles. The van der Waals surface area contributed by atoms with Crippen LogP contribution >= 0.6 is 0 Å². The lowest BCUT2D eigenvalue weighted by Crippen LogP contribution is -2.38. The van der Waals surface area contributed by atoms with E-state index in [2.05, 4.69) is 5.10 Å². The monoisotopic (exact) mass is 279 g/mol. The van der Waals surface area contributed by atoms with E-state index in [1.54, 1.807) is 5.59 Å². The summed E-state index contributed by atoms with van der Waals surface area (Å²) in [4.78, 5) is 13.5. The molecular formula is C14H21N3O3. The van der Waals surface area contributed by atoms with Crippen molar-refractivity contribution < 1.29 is 14.7 Å². The summed E-state index contributed by atoms with van der Waals surface area (Å²) in [7, 11) is 3.28. The van der Waals surface area contributed by atoms with Crippen molar-refractivity contribution >= 4 is 12.2 Å². The number of ether oxygens (including phenoxy) is 1. The number of carbonyl (C=O) groups excluding carboxylic acids is 1. The Hall–Kier alpha value is -1.92. The van der Waals surface area contributed by atoms with Gasteiger partial charge in [0.2, 0.25) is 0 Å². The molecule has 1 aromatic rings. The van der Waals surface area contributed by atoms with Crippen molar-refractivity contribution in [1.29, 1.82) is 0 Å². The Morgan fingerprint density at radius 3 is 2.50 bits per heavy atom. The van der Waals surface area contributed by atoms with Gasteiger partial charge in [-0.2, -0.15) is 10.7 Å². The molecule has 0 aliphatic heterocycles. The number of nitrogens with zero attached hydrogens (tertiary/aromatic N) is 2. The van der Waals surface area contributed by atoms with Gasteiger partial charge in [0.1, 0.15) is 6.04 Å². The van der Waals surface area contributed by atoms with E-state index in [-0.39, 0.29) is 18.1 Å². The van der Waals surface area contributed by atoms with Crippen LogP contribution in [0.4, 0.5) is 0 Å². The Morgan fingerprint density at radius 2 is 2.00 bits per heavy atom. The number of methoxy groups -OCH3 is 1. The average molecular weight is 279 g/mol. The quantitative estimate of drug-likeness (QED) is 0.469. The van der Waals surface area contributed by atoms with Crippen LogP contribution in [0.15, 0.2) is 29.4 Å². The van der Waals surface area contributed by atoms with Crippen LogP contribution in [0.1, 0.15) is 31.0 Å². The molecule has 0 radical (unpaired) electrons. The molecule has 0 heterocycles. The second-order valence-corrected chi connectivity index (χ2v) is 4.57. The van der Waals surface area contributed by atoms with Crippen LogP contribution in [0, 0.1) is 0 Å². The van der Waals surface area contributed by atoms with Crippen LogP contribution in [-0.2, 0) is 9.53 Å². The van der Waals surface area contributed by atoms with Crippen molar-refractivity contribution in [3.63, 3.8) is 0 Å². The van der Waals surface area contributed by atoms with E-state index in [0.29, 0.717) is 0 Å². The Bertz CT molecular complexity index is 459. The highest BCUT2D eigenvalue weighted by Crippen LogP contribution is 2.21. The highest BCUT2D eigenvalue weighted by molar-refractivity contribution is 5.79. The maximum atomic E-state index is 11.5. The number of hydrazone groups is 1. The Kier molecular flexibility index (Phi) is 6.14. The lowest BCUT2D eigenvalue weighted by atomic mass is 10.0. The smallest absolute Gasteiger partial charge is 0.322 e. The van der Waals surface area contributed by atoms with Crippen LogP contribution in [0.5, 0.6) is 0 Å². The Morgan fingerprint density at radius 1 is 1.40 bits per heavy atom. The van der Waals surface area contributed by atoms with E-state index in [1.165, 1.54) is 13.3 Å². The standard InChI is InChI=1S/C14H21N3O3/c1-10(17(3)11(2)14(18)20-4)13-7-5-12(6-8-13)9-15-16-19/h5-11,16,19H,1-4H3/b15-9-/t10-,11+/m1/s1. The minimum atomic E-state index is -0.310. The van der Waals surface area contributed by atoms with Crippen molar-refractivity contribution in [3.05, 3.63) is 35.4 Å². The third kappa shape index (κ3) is 4.04. The maximum absolute atomic E-state index is 11.5. The second-order valence-electron chi connectivity index (χ2n) is 4.57. The minimum absolute atomic E-state index is 0.0751. The molecule has 0 unspecified atom stereocenters. The summed E-state index contributed by atoms with van der Waals surface area (Å²) in [6.07, 6.45) is 1.51. The number of hydrogen-bond donors (Lipinski definition) is 2. The van der Waals surface area contributed by atoms with Crippen LogP contribution in [0.25, 0.3) is 0 Å². The maximum Gasteiger partial charge on any atom is 0.322 e. The van der Waals surface area contributed by atoms with Crippen LogP contribution in [0.2, 0.25) is 0 Å². The van der Waals surface area contributed by atoms with E-state index < -0.39 is 0 Å². The molecule has 0 saturated heterocycles. The summed E-state index contributed by atoms with van der Waals surface area (Å²) in [6.45, 7) is 3.84. The van der Waals surface area contributed by atoms with Gasteiger partial charge in [-0.1, -0.05) is 24.3 Å². The van der Waals surface area contributed by atoms with E-state index in [1.807, 2.05) is 50.1 Å². The van der Waals surface area contributed by atoms with Gasteiger partial charge in [-0.3, -0.25) is 14.9 Å². The highest BCUT2D eigenvalue weighted by atomic mass is 16.5. The second kappa shape index (κ2) is 7.62. The zero-order valence-electron chi connectivity index (χ0n) is 12.2. The fourth-order valence-corrected chi connectivity index (χ4v) is 1.87. The molecular weight excluding hydrogens is 258 g/mol. The van der Waals surface area contributed by atoms with Crippen LogP contribution in [-0.4, -0.2) is 42.5 Å². The van der Waals surface area contributed by atoms with Crippen molar-refractivity contribution in [2.45, 2.75) is 25.9 Å². The van der Waals surface area contributed by atoms with E-state index in [9.17, 15) is 4.79 Å². The molecule has 6 nitrogen and oxygen atoms in total. The first-order valence-corrected chi connectivity index (χ1v) is 6.33. The third-order valence-corrected chi connectivity index (χ3v) is 3.45. The number of esters is 1. The van der Waals surface area contributed by atoms with Crippen molar-refractivity contribution in [2.24, 2.45) is 5.10 Å². The molecule has 0 spiro atoms. The van der Waals surface area contributed by atoms with Gasteiger partial charge < -0.3 is 4.74 Å². The van der Waals surface area contributed by atoms with Gasteiger partial charge in [0.25, 0.3) is 0 Å². The number of likely N-dealkylation sites (N-methyl/N-ethyl adjacent to an activating group) is 1. The molecule has 0 bridgehead atoms. The molecule has 0 aromatic heterocycles. The van der Waals surface area contributed by atoms with Gasteiger partial charge >= 0.3 is 5.97 Å². The first-order valence-electron chi connectivity index (χ1n) is 6.33. The first kappa shape index (κ1) is 16.1. The zero-order chi connectivity index (χ0) is 15.1. The lowest BCUT2D eigenvalue weighted by molar-refractivity contribution is -0.146. The third-order valence-electron chi connectivity index (χ3n) is 3.45. The largest absolute Gasteiger partial charge is 0.468 e. The fourth-order valence-electron chi connectivity index (χ4n) is 1.87. The Balaban J connectivity index is 2.78. The molecule has 0 aliphatic rings. The van der Waals surface area contributed by atoms with E-state index in [0.717, 1.165) is 11.1 Å². The molecule has 0 amide bonds. The SMILES string of the molecule is COC(=O)[C@H](C)N(C)[C@H](C)c1ccc(/C=N\NO)cc1. The topological polar surface area (TPSA) is 74.2 Å². The predicted octanol–water partition coefficient (Wildman–Crippen LogP) is 1.55. The average Bonchev–Trinajstić information content (AvgIpc) is 2.50. The zero-order valence-corrected chi connectivity index (χ0v) is 12.2. The number of nitrogens with one attached hydrogen (secondary N) is 1. The molecule has 2 N–H and O–H groups in total. The van der Waals surface area contributed by atoms with Crippen molar-refractivity contribution in [1.82, 2.24) is 10.5 Å². The van der Waals surface area contributed by atoms with Crippen molar-refractivity contribution in [3.8, 4) is 0 Å². The lowest BCUT2D eigenvalue weighted by Gasteiger charge is -2.29. The highest BCUT2D eigenvalue weighted by Gasteiger charge is 2.23. The predicted molar refractivity (Wildman–Crippen MR) is 76.6 cm³/mol. The van der Waals surface area contributed by atoms with Crippen LogP contribution in [0.3, 0.4) is 0 Å². The minimum Gasteiger partial charge on any atom is -0.468 e. The van der Waals surface area contributed by atoms with E-state index in [4.69, 9.17) is 9.94 Å².